The second kappa shape index (κ2) is 9.07. The van der Waals surface area contributed by atoms with Crippen LogP contribution in [0, 0.1) is 11.8 Å². The normalized spacial score (nSPS) is 25.1. The van der Waals surface area contributed by atoms with Crippen molar-refractivity contribution in [3.8, 4) is 0 Å². The molecule has 0 saturated heterocycles. The molecule has 1 heteroatoms. The zero-order valence-corrected chi connectivity index (χ0v) is 17.4. The average molecular weight is 350 g/mol. The number of rotatable bonds is 6. The lowest BCUT2D eigenvalue weighted by Gasteiger charge is -2.33. The number of nitrogens with one attached hydrogen (secondary N) is 1. The highest BCUT2D eigenvalue weighted by Gasteiger charge is 2.26. The standard InChI is InChI=1S/C25H35N/c1-8-21(14-19(6)17(3)4)23-15-20(7)25(26-16-23)24(9-2)22-12-10-18(5)11-13-22/h8,10,12-16,18,24-26H,3,9,11H2,1-2,4-7H3/b19-14-,21-8+. The molecule has 0 spiro atoms. The van der Waals surface area contributed by atoms with Gasteiger partial charge in [-0.2, -0.15) is 0 Å². The molecule has 26 heavy (non-hydrogen) atoms. The maximum Gasteiger partial charge on any atom is 0.0537 e. The van der Waals surface area contributed by atoms with Gasteiger partial charge < -0.3 is 5.32 Å². The summed E-state index contributed by atoms with van der Waals surface area (Å²) in [5, 5.41) is 3.70. The third-order valence-electron chi connectivity index (χ3n) is 5.59. The molecule has 1 N–H and O–H groups in total. The molecule has 0 aromatic rings. The monoisotopic (exact) mass is 349 g/mol. The summed E-state index contributed by atoms with van der Waals surface area (Å²) >= 11 is 0. The summed E-state index contributed by atoms with van der Waals surface area (Å²) in [5.74, 6) is 1.19. The molecule has 1 aliphatic heterocycles. The van der Waals surface area contributed by atoms with Gasteiger partial charge in [0.2, 0.25) is 0 Å². The van der Waals surface area contributed by atoms with Crippen LogP contribution in [0.3, 0.4) is 0 Å². The molecule has 2 rings (SSSR count). The van der Waals surface area contributed by atoms with E-state index in [1.54, 1.807) is 0 Å². The molecule has 0 radical (unpaired) electrons. The van der Waals surface area contributed by atoms with Crippen LogP contribution in [0.1, 0.15) is 54.4 Å². The fraction of sp³-hybridized carbons (Fsp3) is 0.440. The Kier molecular flexibility index (Phi) is 7.08. The minimum absolute atomic E-state index is 0.373. The Morgan fingerprint density at radius 3 is 2.62 bits per heavy atom. The van der Waals surface area contributed by atoms with E-state index in [4.69, 9.17) is 0 Å². The minimum atomic E-state index is 0.373. The first kappa shape index (κ1) is 20.3. The Balaban J connectivity index is 2.21. The molecule has 3 atom stereocenters. The fourth-order valence-corrected chi connectivity index (χ4v) is 3.66. The zero-order chi connectivity index (χ0) is 19.3. The molecule has 3 unspecified atom stereocenters. The number of allylic oxidation sites excluding steroid dienone is 10. The van der Waals surface area contributed by atoms with Crippen molar-refractivity contribution < 1.29 is 0 Å². The van der Waals surface area contributed by atoms with Gasteiger partial charge in [0, 0.05) is 12.1 Å². The summed E-state index contributed by atoms with van der Waals surface area (Å²) in [7, 11) is 0. The van der Waals surface area contributed by atoms with Gasteiger partial charge in [-0.15, -0.1) is 0 Å². The molecule has 0 fully saturated rings. The smallest absolute Gasteiger partial charge is 0.0537 e. The van der Waals surface area contributed by atoms with Gasteiger partial charge in [-0.3, -0.25) is 0 Å². The molecule has 1 heterocycles. The topological polar surface area (TPSA) is 12.0 Å². The SMILES string of the molecule is C=C(C)/C(C)=C\C(=C/C)C1=CNC(C(CC)C2=CCC(C)C=C2)C(C)=C1. The van der Waals surface area contributed by atoms with Crippen LogP contribution >= 0.6 is 0 Å². The van der Waals surface area contributed by atoms with Gasteiger partial charge in [-0.1, -0.05) is 62.5 Å². The van der Waals surface area contributed by atoms with Gasteiger partial charge in [-0.25, -0.2) is 0 Å². The van der Waals surface area contributed by atoms with Crippen LogP contribution in [0.2, 0.25) is 0 Å². The van der Waals surface area contributed by atoms with Gasteiger partial charge in [-0.05, 0) is 74.3 Å². The predicted octanol–water partition coefficient (Wildman–Crippen LogP) is 6.81. The molecule has 0 aromatic carbocycles. The Morgan fingerprint density at radius 2 is 2.12 bits per heavy atom. The van der Waals surface area contributed by atoms with Gasteiger partial charge in [0.1, 0.15) is 0 Å². The minimum Gasteiger partial charge on any atom is -0.383 e. The van der Waals surface area contributed by atoms with Crippen LogP contribution in [0.5, 0.6) is 0 Å². The Morgan fingerprint density at radius 1 is 1.38 bits per heavy atom. The largest absolute Gasteiger partial charge is 0.383 e. The molecule has 1 aliphatic carbocycles. The van der Waals surface area contributed by atoms with Gasteiger partial charge in [0.25, 0.3) is 0 Å². The van der Waals surface area contributed by atoms with Crippen LogP contribution in [0.4, 0.5) is 0 Å². The highest BCUT2D eigenvalue weighted by atomic mass is 14.9. The van der Waals surface area contributed by atoms with Crippen molar-refractivity contribution in [2.75, 3.05) is 0 Å². The van der Waals surface area contributed by atoms with Crippen molar-refractivity contribution in [2.24, 2.45) is 11.8 Å². The van der Waals surface area contributed by atoms with Crippen molar-refractivity contribution in [3.05, 3.63) is 82.7 Å². The van der Waals surface area contributed by atoms with Crippen LogP contribution < -0.4 is 5.32 Å². The lowest BCUT2D eigenvalue weighted by Crippen LogP contribution is -2.37. The van der Waals surface area contributed by atoms with E-state index in [1.165, 1.54) is 27.9 Å². The van der Waals surface area contributed by atoms with Crippen LogP contribution in [-0.2, 0) is 0 Å². The maximum absolute atomic E-state index is 4.05. The third kappa shape index (κ3) is 4.78. The first-order valence-electron chi connectivity index (χ1n) is 9.90. The van der Waals surface area contributed by atoms with E-state index in [9.17, 15) is 0 Å². The van der Waals surface area contributed by atoms with E-state index in [0.717, 1.165) is 18.4 Å². The number of hydrogen-bond donors (Lipinski definition) is 1. The Labute approximate surface area is 160 Å². The zero-order valence-electron chi connectivity index (χ0n) is 17.4. The highest BCUT2D eigenvalue weighted by Crippen LogP contribution is 2.32. The molecule has 0 aromatic heterocycles. The van der Waals surface area contributed by atoms with Crippen molar-refractivity contribution in [1.29, 1.82) is 0 Å². The van der Waals surface area contributed by atoms with Crippen LogP contribution in [0.25, 0.3) is 0 Å². The Bertz CT molecular complexity index is 721. The van der Waals surface area contributed by atoms with E-state index < -0.39 is 0 Å². The molecular weight excluding hydrogens is 314 g/mol. The lowest BCUT2D eigenvalue weighted by atomic mass is 9.80. The summed E-state index contributed by atoms with van der Waals surface area (Å²) in [4.78, 5) is 0. The van der Waals surface area contributed by atoms with Crippen LogP contribution in [0.15, 0.2) is 82.7 Å². The van der Waals surface area contributed by atoms with Gasteiger partial charge >= 0.3 is 0 Å². The molecule has 0 amide bonds. The molecule has 2 aliphatic rings. The van der Waals surface area contributed by atoms with Crippen LogP contribution in [-0.4, -0.2) is 6.04 Å². The molecule has 0 bridgehead atoms. The summed E-state index contributed by atoms with van der Waals surface area (Å²) in [6.45, 7) is 17.2. The fourth-order valence-electron chi connectivity index (χ4n) is 3.66. The van der Waals surface area contributed by atoms with E-state index in [0.29, 0.717) is 17.9 Å². The number of hydrogen-bond acceptors (Lipinski definition) is 1. The lowest BCUT2D eigenvalue weighted by molar-refractivity contribution is 0.464. The highest BCUT2D eigenvalue weighted by molar-refractivity contribution is 5.52. The summed E-state index contributed by atoms with van der Waals surface area (Å²) < 4.78 is 0. The third-order valence-corrected chi connectivity index (χ3v) is 5.59. The molecular formula is C25H35N. The summed E-state index contributed by atoms with van der Waals surface area (Å²) in [5.41, 5.74) is 7.72. The Hall–Kier alpha value is -2.02. The second-order valence-corrected chi connectivity index (χ2v) is 7.78. The maximum atomic E-state index is 4.05. The molecule has 1 nitrogen and oxygen atoms in total. The first-order chi connectivity index (χ1) is 12.4. The predicted molar refractivity (Wildman–Crippen MR) is 116 cm³/mol. The molecule has 140 valence electrons. The van der Waals surface area contributed by atoms with Crippen molar-refractivity contribution >= 4 is 0 Å². The number of dihydropyridines is 1. The summed E-state index contributed by atoms with van der Waals surface area (Å²) in [6, 6.07) is 0.373. The van der Waals surface area contributed by atoms with Gasteiger partial charge in [0.15, 0.2) is 0 Å². The van der Waals surface area contributed by atoms with E-state index in [-0.39, 0.29) is 0 Å². The molecule has 0 saturated carbocycles. The van der Waals surface area contributed by atoms with Gasteiger partial charge in [0.05, 0.1) is 6.04 Å². The average Bonchev–Trinajstić information content (AvgIpc) is 2.62. The second-order valence-electron chi connectivity index (χ2n) is 7.78. The summed E-state index contributed by atoms with van der Waals surface area (Å²) in [6.07, 6.45) is 18.4. The van der Waals surface area contributed by atoms with E-state index >= 15 is 0 Å². The van der Waals surface area contributed by atoms with Crippen molar-refractivity contribution in [2.45, 2.75) is 60.4 Å². The first-order valence-corrected chi connectivity index (χ1v) is 9.90. The van der Waals surface area contributed by atoms with Crippen molar-refractivity contribution in [3.63, 3.8) is 0 Å². The quantitative estimate of drug-likeness (QED) is 0.520. The van der Waals surface area contributed by atoms with E-state index in [2.05, 4.69) is 96.1 Å². The van der Waals surface area contributed by atoms with Crippen molar-refractivity contribution in [1.82, 2.24) is 5.32 Å². The van der Waals surface area contributed by atoms with E-state index in [1.807, 2.05) is 0 Å².